The molecule has 2 aromatic carbocycles. The van der Waals surface area contributed by atoms with E-state index in [1.165, 1.54) is 30.3 Å². The summed E-state index contributed by atoms with van der Waals surface area (Å²) in [7, 11) is 0. The first-order valence-electron chi connectivity index (χ1n) is 7.65. The van der Waals surface area contributed by atoms with Crippen LogP contribution in [0.1, 0.15) is 24.4 Å². The van der Waals surface area contributed by atoms with Gasteiger partial charge in [0.05, 0.1) is 6.42 Å². The number of hydrogen-bond acceptors (Lipinski definition) is 4. The molecule has 1 unspecified atom stereocenters. The first kappa shape index (κ1) is 16.8. The van der Waals surface area contributed by atoms with Crippen molar-refractivity contribution in [1.29, 1.82) is 0 Å². The second kappa shape index (κ2) is 7.21. The average Bonchev–Trinajstić information content (AvgIpc) is 3.08. The van der Waals surface area contributed by atoms with Gasteiger partial charge in [-0.05, 0) is 42.8 Å². The number of nitrogens with zero attached hydrogens (tertiary/aromatic N) is 2. The van der Waals surface area contributed by atoms with Gasteiger partial charge in [0.1, 0.15) is 17.7 Å². The first-order valence-corrected chi connectivity index (χ1v) is 7.65. The molecule has 0 aliphatic carbocycles. The molecule has 5 nitrogen and oxygen atoms in total. The Labute approximate surface area is 142 Å². The zero-order valence-corrected chi connectivity index (χ0v) is 13.4. The Morgan fingerprint density at radius 1 is 1.16 bits per heavy atom. The van der Waals surface area contributed by atoms with Crippen molar-refractivity contribution < 1.29 is 18.1 Å². The van der Waals surface area contributed by atoms with Crippen LogP contribution < -0.4 is 5.32 Å². The Balaban J connectivity index is 1.65. The molecule has 128 valence electrons. The predicted octanol–water partition coefficient (Wildman–Crippen LogP) is 3.43. The molecule has 3 rings (SSSR count). The molecule has 7 heteroatoms. The van der Waals surface area contributed by atoms with E-state index in [9.17, 15) is 13.6 Å². The fraction of sp³-hybridized carbons (Fsp3) is 0.167. The fourth-order valence-corrected chi connectivity index (χ4v) is 2.30. The molecule has 1 heterocycles. The maximum absolute atomic E-state index is 13.6. The van der Waals surface area contributed by atoms with Crippen LogP contribution in [0.5, 0.6) is 0 Å². The van der Waals surface area contributed by atoms with Crippen LogP contribution in [-0.2, 0) is 11.2 Å². The SMILES string of the molecule is CC(NC(=O)Cc1ccccc1F)c1nc(-c2ccc(F)cc2)no1. The summed E-state index contributed by atoms with van der Waals surface area (Å²) >= 11 is 0. The van der Waals surface area contributed by atoms with E-state index in [-0.39, 0.29) is 24.0 Å². The summed E-state index contributed by atoms with van der Waals surface area (Å²) in [6.45, 7) is 1.68. The number of rotatable bonds is 5. The van der Waals surface area contributed by atoms with Crippen molar-refractivity contribution in [2.75, 3.05) is 0 Å². The van der Waals surface area contributed by atoms with Crippen LogP contribution in [0.2, 0.25) is 0 Å². The van der Waals surface area contributed by atoms with E-state index in [1.807, 2.05) is 0 Å². The van der Waals surface area contributed by atoms with Crippen LogP contribution in [0.3, 0.4) is 0 Å². The summed E-state index contributed by atoms with van der Waals surface area (Å²) in [6.07, 6.45) is -0.0873. The smallest absolute Gasteiger partial charge is 0.249 e. The third-order valence-electron chi connectivity index (χ3n) is 3.60. The molecule has 0 aliphatic heterocycles. The second-order valence-electron chi connectivity index (χ2n) is 5.52. The van der Waals surface area contributed by atoms with E-state index in [2.05, 4.69) is 15.5 Å². The number of aromatic nitrogens is 2. The molecule has 3 aromatic rings. The van der Waals surface area contributed by atoms with Crippen LogP contribution in [0.15, 0.2) is 53.1 Å². The van der Waals surface area contributed by atoms with Gasteiger partial charge in [0.15, 0.2) is 0 Å². The molecular formula is C18H15F2N3O2. The van der Waals surface area contributed by atoms with Gasteiger partial charge in [0.2, 0.25) is 17.6 Å². The largest absolute Gasteiger partial charge is 0.344 e. The highest BCUT2D eigenvalue weighted by Gasteiger charge is 2.18. The zero-order chi connectivity index (χ0) is 17.8. The topological polar surface area (TPSA) is 68.0 Å². The first-order chi connectivity index (χ1) is 12.0. The lowest BCUT2D eigenvalue weighted by Gasteiger charge is -2.10. The van der Waals surface area contributed by atoms with Gasteiger partial charge in [0, 0.05) is 5.56 Å². The molecule has 0 spiro atoms. The van der Waals surface area contributed by atoms with Crippen molar-refractivity contribution in [3.05, 3.63) is 71.6 Å². The van der Waals surface area contributed by atoms with E-state index in [0.717, 1.165) is 0 Å². The van der Waals surface area contributed by atoms with Gasteiger partial charge in [-0.25, -0.2) is 8.78 Å². The van der Waals surface area contributed by atoms with Crippen LogP contribution in [0, 0.1) is 11.6 Å². The molecule has 0 aliphatic rings. The third kappa shape index (κ3) is 4.06. The summed E-state index contributed by atoms with van der Waals surface area (Å²) in [5, 5.41) is 6.51. The molecule has 1 atom stereocenters. The van der Waals surface area contributed by atoms with Gasteiger partial charge in [0.25, 0.3) is 0 Å². The number of carbonyl (C=O) groups excluding carboxylic acids is 1. The monoisotopic (exact) mass is 343 g/mol. The quantitative estimate of drug-likeness (QED) is 0.771. The van der Waals surface area contributed by atoms with E-state index < -0.39 is 11.9 Å². The Morgan fingerprint density at radius 3 is 2.60 bits per heavy atom. The van der Waals surface area contributed by atoms with Crippen molar-refractivity contribution in [3.8, 4) is 11.4 Å². The fourth-order valence-electron chi connectivity index (χ4n) is 2.30. The lowest BCUT2D eigenvalue weighted by atomic mass is 10.1. The Kier molecular flexibility index (Phi) is 4.83. The number of benzene rings is 2. The summed E-state index contributed by atoms with van der Waals surface area (Å²) in [4.78, 5) is 16.3. The predicted molar refractivity (Wildman–Crippen MR) is 86.4 cm³/mol. The van der Waals surface area contributed by atoms with Crippen molar-refractivity contribution in [2.45, 2.75) is 19.4 Å². The molecule has 1 amide bonds. The summed E-state index contributed by atoms with van der Waals surface area (Å²) in [6, 6.07) is 11.2. The van der Waals surface area contributed by atoms with Crippen molar-refractivity contribution in [1.82, 2.24) is 15.5 Å². The number of amides is 1. The Hall–Kier alpha value is -3.09. The van der Waals surface area contributed by atoms with E-state index in [0.29, 0.717) is 17.0 Å². The maximum Gasteiger partial charge on any atom is 0.249 e. The minimum absolute atomic E-state index is 0.0873. The van der Waals surface area contributed by atoms with Crippen LogP contribution in [0.4, 0.5) is 8.78 Å². The highest BCUT2D eigenvalue weighted by Crippen LogP contribution is 2.19. The van der Waals surface area contributed by atoms with Gasteiger partial charge in [-0.3, -0.25) is 4.79 Å². The summed E-state index contributed by atoms with van der Waals surface area (Å²) in [5.74, 6) is -0.645. The summed E-state index contributed by atoms with van der Waals surface area (Å²) < 4.78 is 31.7. The zero-order valence-electron chi connectivity index (χ0n) is 13.4. The number of carbonyl (C=O) groups is 1. The highest BCUT2D eigenvalue weighted by atomic mass is 19.1. The van der Waals surface area contributed by atoms with E-state index in [1.54, 1.807) is 25.1 Å². The van der Waals surface area contributed by atoms with Gasteiger partial charge >= 0.3 is 0 Å². The second-order valence-corrected chi connectivity index (χ2v) is 5.52. The Morgan fingerprint density at radius 2 is 1.88 bits per heavy atom. The average molecular weight is 343 g/mol. The maximum atomic E-state index is 13.6. The lowest BCUT2D eigenvalue weighted by Crippen LogP contribution is -2.28. The summed E-state index contributed by atoms with van der Waals surface area (Å²) in [5.41, 5.74) is 0.908. The molecule has 0 bridgehead atoms. The van der Waals surface area contributed by atoms with Crippen LogP contribution in [-0.4, -0.2) is 16.0 Å². The number of hydrogen-bond donors (Lipinski definition) is 1. The van der Waals surface area contributed by atoms with Crippen LogP contribution in [0.25, 0.3) is 11.4 Å². The lowest BCUT2D eigenvalue weighted by molar-refractivity contribution is -0.121. The third-order valence-corrected chi connectivity index (χ3v) is 3.60. The van der Waals surface area contributed by atoms with E-state index in [4.69, 9.17) is 4.52 Å². The number of halogens is 2. The van der Waals surface area contributed by atoms with Crippen molar-refractivity contribution in [3.63, 3.8) is 0 Å². The highest BCUT2D eigenvalue weighted by molar-refractivity contribution is 5.78. The molecule has 1 aromatic heterocycles. The van der Waals surface area contributed by atoms with Gasteiger partial charge in [-0.1, -0.05) is 23.4 Å². The Bertz CT molecular complexity index is 878. The molecule has 0 saturated carbocycles. The van der Waals surface area contributed by atoms with Gasteiger partial charge < -0.3 is 9.84 Å². The van der Waals surface area contributed by atoms with Gasteiger partial charge in [-0.15, -0.1) is 0 Å². The standard InChI is InChI=1S/C18H15F2N3O2/c1-11(21-16(24)10-13-4-2-3-5-15(13)20)18-22-17(23-25-18)12-6-8-14(19)9-7-12/h2-9,11H,10H2,1H3,(H,21,24). The number of nitrogens with one attached hydrogen (secondary N) is 1. The van der Waals surface area contributed by atoms with Crippen molar-refractivity contribution >= 4 is 5.91 Å². The molecule has 1 N–H and O–H groups in total. The molecule has 0 saturated heterocycles. The molecule has 25 heavy (non-hydrogen) atoms. The normalized spacial score (nSPS) is 12.0. The van der Waals surface area contributed by atoms with E-state index >= 15 is 0 Å². The molecule has 0 radical (unpaired) electrons. The minimum atomic E-state index is -0.541. The van der Waals surface area contributed by atoms with Crippen LogP contribution >= 0.6 is 0 Å². The molecular weight excluding hydrogens is 328 g/mol. The van der Waals surface area contributed by atoms with Crippen molar-refractivity contribution in [2.24, 2.45) is 0 Å². The molecule has 0 fully saturated rings. The minimum Gasteiger partial charge on any atom is -0.344 e. The van der Waals surface area contributed by atoms with Gasteiger partial charge in [-0.2, -0.15) is 4.98 Å².